The van der Waals surface area contributed by atoms with E-state index in [9.17, 15) is 9.59 Å². The largest absolute Gasteiger partial charge is 0.480 e. The number of hydrogen-bond acceptors (Lipinski definition) is 2. The Balaban J connectivity index is 2.30. The fraction of sp³-hybridized carbons (Fsp3) is 0.182. The third-order valence-electron chi connectivity index (χ3n) is 2.33. The van der Waals surface area contributed by atoms with Crippen LogP contribution < -0.4 is 0 Å². The zero-order valence-corrected chi connectivity index (χ0v) is 8.46. The van der Waals surface area contributed by atoms with Gasteiger partial charge in [0, 0.05) is 12.8 Å². The Bertz CT molecular complexity index is 468. The molecule has 0 atom stereocenters. The maximum atomic E-state index is 11.5. The lowest BCUT2D eigenvalue weighted by Gasteiger charge is -2.16. The van der Waals surface area contributed by atoms with Gasteiger partial charge in [0.1, 0.15) is 6.54 Å². The number of aliphatic imine (C=N–C) groups is 1. The van der Waals surface area contributed by atoms with Crippen LogP contribution >= 0.6 is 0 Å². The SMILES string of the molecule is O=C(O)CN1Cc2ccccc2C=NC1=O. The van der Waals surface area contributed by atoms with E-state index in [1.807, 2.05) is 24.3 Å². The first-order valence-electron chi connectivity index (χ1n) is 4.79. The minimum Gasteiger partial charge on any atom is -0.480 e. The summed E-state index contributed by atoms with van der Waals surface area (Å²) in [7, 11) is 0. The first kappa shape index (κ1) is 10.4. The number of carbonyl (C=O) groups is 2. The Labute approximate surface area is 92.0 Å². The highest BCUT2D eigenvalue weighted by Crippen LogP contribution is 2.14. The molecule has 0 aromatic heterocycles. The van der Waals surface area contributed by atoms with E-state index in [1.54, 1.807) is 0 Å². The lowest BCUT2D eigenvalue weighted by molar-refractivity contribution is -0.137. The molecule has 0 aliphatic carbocycles. The molecular weight excluding hydrogens is 208 g/mol. The number of hydrogen-bond donors (Lipinski definition) is 1. The summed E-state index contributed by atoms with van der Waals surface area (Å²) in [5.74, 6) is -1.04. The molecule has 0 fully saturated rings. The van der Waals surface area contributed by atoms with E-state index in [0.717, 1.165) is 11.1 Å². The van der Waals surface area contributed by atoms with E-state index >= 15 is 0 Å². The number of nitrogens with zero attached hydrogens (tertiary/aromatic N) is 2. The zero-order valence-electron chi connectivity index (χ0n) is 8.46. The molecule has 0 unspecified atom stereocenters. The molecule has 1 aliphatic heterocycles. The van der Waals surface area contributed by atoms with Crippen LogP contribution in [0, 0.1) is 0 Å². The third-order valence-corrected chi connectivity index (χ3v) is 2.33. The van der Waals surface area contributed by atoms with Crippen molar-refractivity contribution >= 4 is 18.2 Å². The van der Waals surface area contributed by atoms with Crippen molar-refractivity contribution in [3.05, 3.63) is 35.4 Å². The Morgan fingerprint density at radius 3 is 2.94 bits per heavy atom. The minimum atomic E-state index is -1.04. The van der Waals surface area contributed by atoms with E-state index in [0.29, 0.717) is 0 Å². The normalized spacial score (nSPS) is 14.5. The fourth-order valence-corrected chi connectivity index (χ4v) is 1.57. The van der Waals surface area contributed by atoms with Crippen molar-refractivity contribution in [2.75, 3.05) is 6.54 Å². The van der Waals surface area contributed by atoms with Gasteiger partial charge in [-0.15, -0.1) is 0 Å². The first-order chi connectivity index (χ1) is 7.66. The maximum absolute atomic E-state index is 11.5. The van der Waals surface area contributed by atoms with Crippen molar-refractivity contribution in [3.8, 4) is 0 Å². The standard InChI is InChI=1S/C11H10N2O3/c14-10(15)7-13-6-9-4-2-1-3-8(9)5-12-11(13)16/h1-5H,6-7H2,(H,14,15). The summed E-state index contributed by atoms with van der Waals surface area (Å²) in [6.45, 7) is -0.0498. The van der Waals surface area contributed by atoms with Crippen molar-refractivity contribution in [2.24, 2.45) is 4.99 Å². The van der Waals surface area contributed by atoms with Crippen LogP contribution in [0.5, 0.6) is 0 Å². The smallest absolute Gasteiger partial charge is 0.344 e. The molecule has 0 radical (unpaired) electrons. The van der Waals surface area contributed by atoms with Crippen LogP contribution in [0.1, 0.15) is 11.1 Å². The zero-order chi connectivity index (χ0) is 11.5. The lowest BCUT2D eigenvalue weighted by atomic mass is 10.1. The molecular formula is C11H10N2O3. The molecule has 5 heteroatoms. The third kappa shape index (κ3) is 2.08. The van der Waals surface area contributed by atoms with E-state index in [2.05, 4.69) is 4.99 Å². The molecule has 0 spiro atoms. The molecule has 16 heavy (non-hydrogen) atoms. The van der Waals surface area contributed by atoms with E-state index in [1.165, 1.54) is 11.1 Å². The van der Waals surface area contributed by atoms with Gasteiger partial charge >= 0.3 is 12.0 Å². The summed E-state index contributed by atoms with van der Waals surface area (Å²) in [5.41, 5.74) is 1.75. The average Bonchev–Trinajstić information content (AvgIpc) is 2.39. The van der Waals surface area contributed by atoms with Crippen LogP contribution in [-0.2, 0) is 11.3 Å². The van der Waals surface area contributed by atoms with Gasteiger partial charge in [-0.3, -0.25) is 4.79 Å². The number of carboxylic acids is 1. The summed E-state index contributed by atoms with van der Waals surface area (Å²) in [6.07, 6.45) is 1.47. The van der Waals surface area contributed by atoms with Gasteiger partial charge in [0.2, 0.25) is 0 Å². The van der Waals surface area contributed by atoms with Gasteiger partial charge in [-0.25, -0.2) is 9.79 Å². The molecule has 1 aromatic carbocycles. The van der Waals surface area contributed by atoms with Gasteiger partial charge in [-0.1, -0.05) is 24.3 Å². The van der Waals surface area contributed by atoms with Gasteiger partial charge in [0.15, 0.2) is 0 Å². The summed E-state index contributed by atoms with van der Waals surface area (Å²) >= 11 is 0. The van der Waals surface area contributed by atoms with Gasteiger partial charge in [-0.2, -0.15) is 0 Å². The van der Waals surface area contributed by atoms with Crippen LogP contribution in [-0.4, -0.2) is 34.8 Å². The number of urea groups is 1. The summed E-state index contributed by atoms with van der Waals surface area (Å²) in [5, 5.41) is 8.68. The Morgan fingerprint density at radius 2 is 2.19 bits per heavy atom. The van der Waals surface area contributed by atoms with Crippen molar-refractivity contribution in [1.29, 1.82) is 0 Å². The van der Waals surface area contributed by atoms with Crippen molar-refractivity contribution in [2.45, 2.75) is 6.54 Å². The van der Waals surface area contributed by atoms with Crippen molar-refractivity contribution in [3.63, 3.8) is 0 Å². The predicted molar refractivity (Wildman–Crippen MR) is 57.5 cm³/mol. The maximum Gasteiger partial charge on any atom is 0.344 e. The second-order valence-electron chi connectivity index (χ2n) is 3.49. The van der Waals surface area contributed by atoms with Gasteiger partial charge < -0.3 is 10.0 Å². The molecule has 5 nitrogen and oxygen atoms in total. The van der Waals surface area contributed by atoms with Crippen molar-refractivity contribution < 1.29 is 14.7 Å². The number of aliphatic carboxylic acids is 1. The fourth-order valence-electron chi connectivity index (χ4n) is 1.57. The number of fused-ring (bicyclic) bond motifs is 1. The molecule has 2 amide bonds. The number of amides is 2. The summed E-state index contributed by atoms with van der Waals surface area (Å²) in [6, 6.07) is 6.88. The highest BCUT2D eigenvalue weighted by molar-refractivity contribution is 5.94. The predicted octanol–water partition coefficient (Wildman–Crippen LogP) is 1.13. The van der Waals surface area contributed by atoms with Gasteiger partial charge in [0.05, 0.1) is 0 Å². The molecule has 2 rings (SSSR count). The summed E-state index contributed by atoms with van der Waals surface area (Å²) in [4.78, 5) is 27.0. The first-order valence-corrected chi connectivity index (χ1v) is 4.79. The molecule has 1 heterocycles. The van der Waals surface area contributed by atoms with Crippen LogP contribution in [0.2, 0.25) is 0 Å². The van der Waals surface area contributed by atoms with Crippen LogP contribution in [0.4, 0.5) is 4.79 Å². The topological polar surface area (TPSA) is 70.0 Å². The molecule has 0 saturated heterocycles. The molecule has 0 saturated carbocycles. The second-order valence-corrected chi connectivity index (χ2v) is 3.49. The highest BCUT2D eigenvalue weighted by atomic mass is 16.4. The molecule has 1 aromatic rings. The monoisotopic (exact) mass is 218 g/mol. The van der Waals surface area contributed by atoms with Crippen molar-refractivity contribution in [1.82, 2.24) is 4.90 Å². The van der Waals surface area contributed by atoms with E-state index in [4.69, 9.17) is 5.11 Å². The molecule has 1 aliphatic rings. The summed E-state index contributed by atoms with van der Waals surface area (Å²) < 4.78 is 0. The number of carboxylic acid groups (broad SMARTS) is 1. The van der Waals surface area contributed by atoms with Crippen LogP contribution in [0.25, 0.3) is 0 Å². The number of rotatable bonds is 2. The highest BCUT2D eigenvalue weighted by Gasteiger charge is 2.19. The van der Waals surface area contributed by atoms with Crippen LogP contribution in [0.15, 0.2) is 29.3 Å². The van der Waals surface area contributed by atoms with E-state index in [-0.39, 0.29) is 13.1 Å². The second kappa shape index (κ2) is 4.14. The van der Waals surface area contributed by atoms with Gasteiger partial charge in [-0.05, 0) is 11.1 Å². The van der Waals surface area contributed by atoms with E-state index < -0.39 is 12.0 Å². The molecule has 0 bridgehead atoms. The number of carbonyl (C=O) groups excluding carboxylic acids is 1. The molecule has 1 N–H and O–H groups in total. The van der Waals surface area contributed by atoms with Crippen LogP contribution in [0.3, 0.4) is 0 Å². The van der Waals surface area contributed by atoms with Gasteiger partial charge in [0.25, 0.3) is 0 Å². The quantitative estimate of drug-likeness (QED) is 0.808. The Kier molecular flexibility index (Phi) is 2.68. The lowest BCUT2D eigenvalue weighted by Crippen LogP contribution is -2.32. The molecule has 82 valence electrons. The minimum absolute atomic E-state index is 0.279. The Hall–Kier alpha value is -2.17. The average molecular weight is 218 g/mol. The number of benzene rings is 1. The Morgan fingerprint density at radius 1 is 1.44 bits per heavy atom.